The lowest BCUT2D eigenvalue weighted by molar-refractivity contribution is -0.137. The Kier molecular flexibility index (Phi) is 3.65. The Morgan fingerprint density at radius 1 is 1.12 bits per heavy atom. The number of H-pyrrole nitrogens is 2. The van der Waals surface area contributed by atoms with Gasteiger partial charge in [0, 0.05) is 0 Å². The maximum Gasteiger partial charge on any atom is 0.416 e. The van der Waals surface area contributed by atoms with E-state index in [0.717, 1.165) is 12.1 Å². The molecule has 6 heteroatoms. The quantitative estimate of drug-likeness (QED) is 0.736. The van der Waals surface area contributed by atoms with E-state index in [0.29, 0.717) is 11.1 Å². The van der Waals surface area contributed by atoms with Gasteiger partial charge in [-0.05, 0) is 24.6 Å². The number of alkyl halides is 3. The molecule has 0 saturated heterocycles. The van der Waals surface area contributed by atoms with Crippen LogP contribution >= 0.6 is 0 Å². The lowest BCUT2D eigenvalue weighted by atomic mass is 10.1. The molecule has 0 aliphatic carbocycles. The highest BCUT2D eigenvalue weighted by molar-refractivity contribution is 5.79. The normalized spacial score (nSPS) is 11.2. The Labute approximate surface area is 95.7 Å². The zero-order valence-corrected chi connectivity index (χ0v) is 9.70. The summed E-state index contributed by atoms with van der Waals surface area (Å²) in [5.41, 5.74) is -0.298. The minimum Gasteiger partial charge on any atom is -0.306 e. The van der Waals surface area contributed by atoms with E-state index in [-0.39, 0.29) is 5.52 Å². The van der Waals surface area contributed by atoms with E-state index in [4.69, 9.17) is 0 Å². The molecule has 2 rings (SSSR count). The molecule has 1 aromatic carbocycles. The van der Waals surface area contributed by atoms with Gasteiger partial charge in [0.1, 0.15) is 0 Å². The molecule has 1 aromatic heterocycles. The molecule has 0 radical (unpaired) electrons. The van der Waals surface area contributed by atoms with Crippen LogP contribution in [-0.4, -0.2) is 9.97 Å². The van der Waals surface area contributed by atoms with Gasteiger partial charge in [-0.15, -0.1) is 0 Å². The lowest BCUT2D eigenvalue weighted by Gasteiger charge is -2.07. The highest BCUT2D eigenvalue weighted by atomic mass is 19.4. The maximum absolute atomic E-state index is 12.4. The van der Waals surface area contributed by atoms with Crippen LogP contribution in [0.4, 0.5) is 13.2 Å². The van der Waals surface area contributed by atoms with Gasteiger partial charge in [0.2, 0.25) is 0 Å². The van der Waals surface area contributed by atoms with Gasteiger partial charge in [-0.1, -0.05) is 13.8 Å². The predicted octanol–water partition coefficient (Wildman–Crippen LogP) is 3.21. The van der Waals surface area contributed by atoms with E-state index in [1.807, 2.05) is 13.8 Å². The largest absolute Gasteiger partial charge is 0.416 e. The molecule has 0 bridgehead atoms. The number of halogens is 3. The van der Waals surface area contributed by atoms with Gasteiger partial charge in [-0.2, -0.15) is 13.2 Å². The summed E-state index contributed by atoms with van der Waals surface area (Å²) in [4.78, 5) is 15.6. The van der Waals surface area contributed by atoms with Crippen molar-refractivity contribution in [1.82, 2.24) is 9.97 Å². The van der Waals surface area contributed by atoms with Crippen molar-refractivity contribution in [2.75, 3.05) is 0 Å². The Morgan fingerprint density at radius 3 is 2.24 bits per heavy atom. The number of fused-ring (bicyclic) bond motifs is 1. The van der Waals surface area contributed by atoms with Crippen LogP contribution in [0.15, 0.2) is 16.9 Å². The number of aromatic amines is 2. The second-order valence-corrected chi connectivity index (χ2v) is 3.29. The van der Waals surface area contributed by atoms with Gasteiger partial charge in [0.15, 0.2) is 0 Å². The van der Waals surface area contributed by atoms with Crippen molar-refractivity contribution in [1.29, 1.82) is 0 Å². The van der Waals surface area contributed by atoms with Gasteiger partial charge in [-0.25, -0.2) is 4.79 Å². The van der Waals surface area contributed by atoms with Crippen LogP contribution in [-0.2, 0) is 6.18 Å². The zero-order chi connectivity index (χ0) is 13.2. The van der Waals surface area contributed by atoms with Crippen molar-refractivity contribution >= 4 is 11.0 Å². The third kappa shape index (κ3) is 2.69. The summed E-state index contributed by atoms with van der Waals surface area (Å²) in [7, 11) is 0. The van der Waals surface area contributed by atoms with Crippen LogP contribution in [0.3, 0.4) is 0 Å². The molecular weight excluding hydrogens is 233 g/mol. The van der Waals surface area contributed by atoms with Crippen molar-refractivity contribution in [3.05, 3.63) is 33.7 Å². The molecule has 0 saturated carbocycles. The van der Waals surface area contributed by atoms with E-state index >= 15 is 0 Å². The lowest BCUT2D eigenvalue weighted by Crippen LogP contribution is -2.05. The molecule has 0 aliphatic rings. The van der Waals surface area contributed by atoms with Gasteiger partial charge in [0.05, 0.1) is 16.6 Å². The number of imidazole rings is 1. The second kappa shape index (κ2) is 4.65. The van der Waals surface area contributed by atoms with Gasteiger partial charge in [0.25, 0.3) is 0 Å². The first kappa shape index (κ1) is 13.3. The SMILES string of the molecule is CC.Cc1cc(C(F)(F)F)cc2[nH]c(=O)[nH]c12. The van der Waals surface area contributed by atoms with Gasteiger partial charge >= 0.3 is 11.9 Å². The minimum absolute atomic E-state index is 0.173. The third-order valence-electron chi connectivity index (χ3n) is 2.15. The fourth-order valence-corrected chi connectivity index (χ4v) is 1.48. The van der Waals surface area contributed by atoms with Crippen LogP contribution < -0.4 is 5.69 Å². The average molecular weight is 246 g/mol. The molecule has 1 heterocycles. The first-order valence-electron chi connectivity index (χ1n) is 5.18. The fourth-order valence-electron chi connectivity index (χ4n) is 1.48. The number of benzene rings is 1. The van der Waals surface area contributed by atoms with Crippen LogP contribution in [0.25, 0.3) is 11.0 Å². The topological polar surface area (TPSA) is 48.6 Å². The van der Waals surface area contributed by atoms with Crippen molar-refractivity contribution in [3.8, 4) is 0 Å². The second-order valence-electron chi connectivity index (χ2n) is 3.29. The number of rotatable bonds is 0. The number of hydrogen-bond acceptors (Lipinski definition) is 1. The Hall–Kier alpha value is -1.72. The van der Waals surface area contributed by atoms with Crippen molar-refractivity contribution in [3.63, 3.8) is 0 Å². The Morgan fingerprint density at radius 2 is 1.71 bits per heavy atom. The molecule has 0 aliphatic heterocycles. The van der Waals surface area contributed by atoms with Crippen LogP contribution in [0.5, 0.6) is 0 Å². The van der Waals surface area contributed by atoms with Crippen LogP contribution in [0, 0.1) is 6.92 Å². The highest BCUT2D eigenvalue weighted by Crippen LogP contribution is 2.31. The first-order chi connectivity index (χ1) is 7.88. The molecule has 0 atom stereocenters. The predicted molar refractivity (Wildman–Crippen MR) is 60.0 cm³/mol. The third-order valence-corrected chi connectivity index (χ3v) is 2.15. The average Bonchev–Trinajstić information content (AvgIpc) is 2.61. The molecule has 94 valence electrons. The van der Waals surface area contributed by atoms with E-state index in [9.17, 15) is 18.0 Å². The van der Waals surface area contributed by atoms with Crippen molar-refractivity contribution in [2.24, 2.45) is 0 Å². The van der Waals surface area contributed by atoms with E-state index < -0.39 is 17.4 Å². The summed E-state index contributed by atoms with van der Waals surface area (Å²) in [6, 6.07) is 1.92. The fraction of sp³-hybridized carbons (Fsp3) is 0.364. The zero-order valence-electron chi connectivity index (χ0n) is 9.70. The Bertz CT molecular complexity index is 566. The summed E-state index contributed by atoms with van der Waals surface area (Å²) in [6.07, 6.45) is -4.40. The summed E-state index contributed by atoms with van der Waals surface area (Å²) in [6.45, 7) is 5.52. The standard InChI is InChI=1S/C9H7F3N2O.C2H6/c1-4-2-5(9(10,11)12)3-6-7(4)14-8(15)13-6;1-2/h2-3H,1H3,(H2,13,14,15);1-2H3. The summed E-state index contributed by atoms with van der Waals surface area (Å²) < 4.78 is 37.2. The molecule has 0 amide bonds. The van der Waals surface area contributed by atoms with E-state index in [1.54, 1.807) is 0 Å². The molecule has 0 fully saturated rings. The monoisotopic (exact) mass is 246 g/mol. The van der Waals surface area contributed by atoms with Crippen LogP contribution in [0.2, 0.25) is 0 Å². The number of aryl methyl sites for hydroxylation is 1. The van der Waals surface area contributed by atoms with E-state index in [2.05, 4.69) is 9.97 Å². The molecule has 0 spiro atoms. The number of nitrogens with one attached hydrogen (secondary N) is 2. The van der Waals surface area contributed by atoms with Gasteiger partial charge < -0.3 is 9.97 Å². The van der Waals surface area contributed by atoms with Crippen molar-refractivity contribution in [2.45, 2.75) is 26.9 Å². The highest BCUT2D eigenvalue weighted by Gasteiger charge is 2.31. The number of aromatic nitrogens is 2. The summed E-state index contributed by atoms with van der Waals surface area (Å²) in [5, 5.41) is 0. The minimum atomic E-state index is -4.40. The summed E-state index contributed by atoms with van der Waals surface area (Å²) in [5.74, 6) is 0. The molecular formula is C11H13F3N2O. The molecule has 2 N–H and O–H groups in total. The number of hydrogen-bond donors (Lipinski definition) is 2. The maximum atomic E-state index is 12.4. The molecule has 3 nitrogen and oxygen atoms in total. The molecule has 17 heavy (non-hydrogen) atoms. The summed E-state index contributed by atoms with van der Waals surface area (Å²) >= 11 is 0. The molecule has 0 unspecified atom stereocenters. The van der Waals surface area contributed by atoms with Crippen molar-refractivity contribution < 1.29 is 13.2 Å². The smallest absolute Gasteiger partial charge is 0.306 e. The molecule has 2 aromatic rings. The Balaban J connectivity index is 0.000000686. The first-order valence-corrected chi connectivity index (χ1v) is 5.18. The van der Waals surface area contributed by atoms with E-state index in [1.165, 1.54) is 6.92 Å². The van der Waals surface area contributed by atoms with Gasteiger partial charge in [-0.3, -0.25) is 0 Å². The van der Waals surface area contributed by atoms with Crippen LogP contribution in [0.1, 0.15) is 25.0 Å².